The maximum Gasteiger partial charge on any atom is 0.329 e. The van der Waals surface area contributed by atoms with Crippen LogP contribution in [0, 0.1) is 29.6 Å². The molecule has 0 radical (unpaired) electrons. The second kappa shape index (κ2) is 28.8. The SMILES string of the molecule is CC[C@H](C)[C@@H]1NC(=O)[C@H](Cc2ccc(OC(C)(C)C)cc2)N(C)C(=O)[C@H]([C@@H](C)CC)NC(=O)[C@H](CCC=O)NC(=O)[C@H](CC(C)C)NC(=O)[C@@H](NC(=O)[C@H](CCC(=O)NC)CC(=O)C(C)C)[C@@H](C)OC1=O. The van der Waals surface area contributed by atoms with Crippen molar-refractivity contribution in [3.05, 3.63) is 29.8 Å². The Labute approximate surface area is 420 Å². The number of likely N-dealkylation sites (N-methyl/N-ethyl adjacent to an activating group) is 1. The molecule has 1 aliphatic rings. The molecule has 0 aromatic heterocycles. The van der Waals surface area contributed by atoms with Crippen LogP contribution in [0.1, 0.15) is 140 Å². The number of hydrogen-bond donors (Lipinski definition) is 6. The van der Waals surface area contributed by atoms with Crippen molar-refractivity contribution in [2.75, 3.05) is 14.1 Å². The molecule has 1 heterocycles. The van der Waals surface area contributed by atoms with Gasteiger partial charge >= 0.3 is 5.97 Å². The molecule has 0 spiro atoms. The number of amides is 7. The number of Topliss-reactive ketones (excluding diaryl/α,β-unsaturated/α-hetero) is 1. The second-order valence-electron chi connectivity index (χ2n) is 20.6. The molecule has 1 aromatic carbocycles. The molecule has 398 valence electrons. The van der Waals surface area contributed by atoms with E-state index in [0.717, 1.165) is 0 Å². The molecule has 10 atom stereocenters. The first-order chi connectivity index (χ1) is 33.2. The first-order valence-corrected chi connectivity index (χ1v) is 25.1. The zero-order valence-electron chi connectivity index (χ0n) is 44.5. The minimum Gasteiger partial charge on any atom is -0.488 e. The van der Waals surface area contributed by atoms with Crippen molar-refractivity contribution in [1.82, 2.24) is 36.8 Å². The van der Waals surface area contributed by atoms with E-state index >= 15 is 0 Å². The average Bonchev–Trinajstić information content (AvgIpc) is 3.30. The molecule has 0 bridgehead atoms. The Hall–Kier alpha value is -5.88. The van der Waals surface area contributed by atoms with E-state index < -0.39 is 113 Å². The second-order valence-corrected chi connectivity index (χ2v) is 20.6. The predicted octanol–water partition coefficient (Wildman–Crippen LogP) is 3.48. The number of cyclic esters (lactones) is 1. The lowest BCUT2D eigenvalue weighted by atomic mass is 9.91. The zero-order chi connectivity index (χ0) is 53.9. The van der Waals surface area contributed by atoms with E-state index in [1.165, 1.54) is 25.9 Å². The van der Waals surface area contributed by atoms with Gasteiger partial charge in [-0.25, -0.2) is 4.79 Å². The summed E-state index contributed by atoms with van der Waals surface area (Å²) in [5.41, 5.74) is 0.136. The minimum atomic E-state index is -1.70. The molecule has 7 amide bonds. The van der Waals surface area contributed by atoms with Gasteiger partial charge in [-0.2, -0.15) is 0 Å². The highest BCUT2D eigenvalue weighted by molar-refractivity contribution is 5.98. The van der Waals surface area contributed by atoms with Gasteiger partial charge in [0.15, 0.2) is 0 Å². The largest absolute Gasteiger partial charge is 0.488 e. The molecule has 0 saturated carbocycles. The number of nitrogens with one attached hydrogen (secondary N) is 6. The third kappa shape index (κ3) is 19.7. The van der Waals surface area contributed by atoms with Crippen molar-refractivity contribution in [3.8, 4) is 5.75 Å². The fourth-order valence-electron chi connectivity index (χ4n) is 7.87. The Morgan fingerprint density at radius 2 is 1.38 bits per heavy atom. The summed E-state index contributed by atoms with van der Waals surface area (Å²) in [7, 11) is 2.86. The molecule has 1 fully saturated rings. The number of hydrogen-bond acceptors (Lipinski definition) is 12. The quantitative estimate of drug-likeness (QED) is 0.0811. The molecule has 71 heavy (non-hydrogen) atoms. The van der Waals surface area contributed by atoms with Gasteiger partial charge in [0, 0.05) is 51.6 Å². The van der Waals surface area contributed by atoms with Crippen LogP contribution in [-0.2, 0) is 59.1 Å². The van der Waals surface area contributed by atoms with Crippen molar-refractivity contribution in [3.63, 3.8) is 0 Å². The highest BCUT2D eigenvalue weighted by Crippen LogP contribution is 2.23. The van der Waals surface area contributed by atoms with Crippen LogP contribution in [0.4, 0.5) is 0 Å². The number of rotatable bonds is 20. The molecule has 1 aliphatic heterocycles. The fourth-order valence-corrected chi connectivity index (χ4v) is 7.87. The number of carbonyl (C=O) groups is 10. The molecule has 19 heteroatoms. The zero-order valence-corrected chi connectivity index (χ0v) is 44.5. The lowest BCUT2D eigenvalue weighted by molar-refractivity contribution is -0.158. The summed E-state index contributed by atoms with van der Waals surface area (Å²) in [6, 6.07) is -1.28. The van der Waals surface area contributed by atoms with Gasteiger partial charge in [0.2, 0.25) is 41.4 Å². The van der Waals surface area contributed by atoms with Crippen LogP contribution in [0.15, 0.2) is 24.3 Å². The fraction of sp³-hybridized carbons (Fsp3) is 0.692. The summed E-state index contributed by atoms with van der Waals surface area (Å²) in [5.74, 6) is -8.62. The van der Waals surface area contributed by atoms with Crippen LogP contribution in [0.3, 0.4) is 0 Å². The van der Waals surface area contributed by atoms with Gasteiger partial charge in [-0.05, 0) is 82.4 Å². The van der Waals surface area contributed by atoms with Gasteiger partial charge in [0.05, 0.1) is 0 Å². The number of ketones is 1. The number of aldehydes is 1. The van der Waals surface area contributed by atoms with E-state index in [0.29, 0.717) is 30.4 Å². The average molecular weight is 998 g/mol. The summed E-state index contributed by atoms with van der Waals surface area (Å²) in [5, 5.41) is 16.1. The van der Waals surface area contributed by atoms with E-state index in [1.54, 1.807) is 72.7 Å². The molecule has 0 unspecified atom stereocenters. The summed E-state index contributed by atoms with van der Waals surface area (Å²) in [6.45, 7) is 21.1. The van der Waals surface area contributed by atoms with Crippen LogP contribution >= 0.6 is 0 Å². The maximum absolute atomic E-state index is 14.8. The predicted molar refractivity (Wildman–Crippen MR) is 267 cm³/mol. The van der Waals surface area contributed by atoms with E-state index in [1.807, 2.05) is 27.7 Å². The van der Waals surface area contributed by atoms with Crippen LogP contribution in [0.2, 0.25) is 0 Å². The lowest BCUT2D eigenvalue weighted by Gasteiger charge is -2.35. The van der Waals surface area contributed by atoms with Crippen LogP contribution in [-0.4, -0.2) is 126 Å². The van der Waals surface area contributed by atoms with E-state index in [4.69, 9.17) is 9.47 Å². The molecular weight excluding hydrogens is 915 g/mol. The molecule has 6 N–H and O–H groups in total. The first kappa shape index (κ1) is 61.2. The van der Waals surface area contributed by atoms with Gasteiger partial charge in [-0.3, -0.25) is 38.4 Å². The Morgan fingerprint density at radius 1 is 0.817 bits per heavy atom. The molecule has 1 saturated heterocycles. The monoisotopic (exact) mass is 998 g/mol. The topological polar surface area (TPSA) is 265 Å². The number of nitrogens with zero attached hydrogens (tertiary/aromatic N) is 1. The Kier molecular flexibility index (Phi) is 24.9. The van der Waals surface area contributed by atoms with E-state index in [-0.39, 0.29) is 62.6 Å². The molecule has 2 rings (SSSR count). The highest BCUT2D eigenvalue weighted by Gasteiger charge is 2.41. The van der Waals surface area contributed by atoms with Crippen LogP contribution in [0.5, 0.6) is 5.75 Å². The Balaban J connectivity index is 2.92. The van der Waals surface area contributed by atoms with Crippen molar-refractivity contribution < 1.29 is 57.4 Å². The standard InChI is InChI=1S/C52H83N7O12/c1-15-31(7)42-50(68)59(14)39(27-34-19-22-36(23-20-34)71-52(10,11)12)48(66)57-43(32(8)16-2)51(69)70-33(9)44(58-45(63)35(21-24-41(62)53-13)28-40(61)30(5)6)49(67)55-38(26-29(3)4)47(65)54-37(18-17-25-60)46(64)56-42/h19-20,22-23,25,29-33,35,37-39,42-44H,15-18,21,24,26-28H2,1-14H3,(H,53,62)(H,54,65)(H,55,67)(H,56,64)(H,57,66)(H,58,63)/t31-,32-,33+,35+,37-,38-,39-,42-,43-,44-/m0/s1. The number of carbonyl (C=O) groups excluding carboxylic acids is 10. The van der Waals surface area contributed by atoms with Crippen LogP contribution < -0.4 is 36.6 Å². The molecule has 19 nitrogen and oxygen atoms in total. The van der Waals surface area contributed by atoms with Crippen molar-refractivity contribution in [1.29, 1.82) is 0 Å². The number of benzene rings is 1. The third-order valence-corrected chi connectivity index (χ3v) is 12.8. The number of esters is 1. The Morgan fingerprint density at radius 3 is 1.92 bits per heavy atom. The third-order valence-electron chi connectivity index (χ3n) is 12.8. The van der Waals surface area contributed by atoms with Gasteiger partial charge in [0.1, 0.15) is 65.8 Å². The summed E-state index contributed by atoms with van der Waals surface area (Å²) in [4.78, 5) is 140. The first-order valence-electron chi connectivity index (χ1n) is 25.1. The Bertz CT molecular complexity index is 2000. The van der Waals surface area contributed by atoms with Crippen molar-refractivity contribution in [2.45, 2.75) is 189 Å². The normalized spacial score (nSPS) is 23.6. The van der Waals surface area contributed by atoms with Gasteiger partial charge < -0.3 is 51.1 Å². The molecule has 0 aliphatic carbocycles. The van der Waals surface area contributed by atoms with E-state index in [2.05, 4.69) is 31.9 Å². The summed E-state index contributed by atoms with van der Waals surface area (Å²) < 4.78 is 12.0. The number of ether oxygens (including phenoxy) is 2. The lowest BCUT2D eigenvalue weighted by Crippen LogP contribution is -2.61. The highest BCUT2D eigenvalue weighted by atomic mass is 16.5. The smallest absolute Gasteiger partial charge is 0.329 e. The molecule has 1 aromatic rings. The molecular formula is C52H83N7O12. The summed E-state index contributed by atoms with van der Waals surface area (Å²) >= 11 is 0. The van der Waals surface area contributed by atoms with Gasteiger partial charge in [0.25, 0.3) is 0 Å². The van der Waals surface area contributed by atoms with Gasteiger partial charge in [-0.1, -0.05) is 80.4 Å². The summed E-state index contributed by atoms with van der Waals surface area (Å²) in [6.07, 6.45) is -0.925. The van der Waals surface area contributed by atoms with Gasteiger partial charge in [-0.15, -0.1) is 0 Å². The maximum atomic E-state index is 14.8. The van der Waals surface area contributed by atoms with Crippen molar-refractivity contribution in [2.24, 2.45) is 29.6 Å². The van der Waals surface area contributed by atoms with Crippen LogP contribution in [0.25, 0.3) is 0 Å². The van der Waals surface area contributed by atoms with Crippen molar-refractivity contribution >= 4 is 59.4 Å². The minimum absolute atomic E-state index is 0.0285. The van der Waals surface area contributed by atoms with E-state index in [9.17, 15) is 47.9 Å².